The van der Waals surface area contributed by atoms with Crippen LogP contribution in [0.1, 0.15) is 33.9 Å². The highest BCUT2D eigenvalue weighted by Crippen LogP contribution is 2.20. The van der Waals surface area contributed by atoms with Gasteiger partial charge in [-0.25, -0.2) is 0 Å². The summed E-state index contributed by atoms with van der Waals surface area (Å²) in [4.78, 5) is 16.4. The van der Waals surface area contributed by atoms with Crippen molar-refractivity contribution in [2.24, 2.45) is 0 Å². The van der Waals surface area contributed by atoms with E-state index in [-0.39, 0.29) is 24.4 Å². The van der Waals surface area contributed by atoms with Crippen LogP contribution in [0.5, 0.6) is 5.75 Å². The maximum absolute atomic E-state index is 12.3. The van der Waals surface area contributed by atoms with E-state index in [1.807, 2.05) is 6.07 Å². The molecular formula is C17H21N3O4. The second-order valence-corrected chi connectivity index (χ2v) is 5.78. The molecule has 1 aliphatic rings. The van der Waals surface area contributed by atoms with Crippen molar-refractivity contribution in [1.29, 1.82) is 0 Å². The summed E-state index contributed by atoms with van der Waals surface area (Å²) in [6.07, 6.45) is 4.42. The Balaban J connectivity index is 1.65. The van der Waals surface area contributed by atoms with Gasteiger partial charge in [-0.1, -0.05) is 0 Å². The summed E-state index contributed by atoms with van der Waals surface area (Å²) in [5.74, 6) is 0.950. The Labute approximate surface area is 140 Å². The van der Waals surface area contributed by atoms with Crippen molar-refractivity contribution in [3.63, 3.8) is 0 Å². The Morgan fingerprint density at radius 1 is 1.58 bits per heavy atom. The Kier molecular flexibility index (Phi) is 5.12. The quantitative estimate of drug-likeness (QED) is 0.735. The van der Waals surface area contributed by atoms with Crippen molar-refractivity contribution in [2.45, 2.75) is 32.6 Å². The van der Waals surface area contributed by atoms with Gasteiger partial charge in [-0.2, -0.15) is 0 Å². The molecule has 7 nitrogen and oxygen atoms in total. The van der Waals surface area contributed by atoms with Gasteiger partial charge in [0.25, 0.3) is 5.91 Å². The van der Waals surface area contributed by atoms with E-state index in [2.05, 4.69) is 15.6 Å². The molecule has 0 aliphatic carbocycles. The van der Waals surface area contributed by atoms with Gasteiger partial charge in [0, 0.05) is 30.4 Å². The number of aromatic nitrogens is 1. The van der Waals surface area contributed by atoms with E-state index in [1.165, 1.54) is 0 Å². The maximum Gasteiger partial charge on any atom is 0.287 e. The fraction of sp³-hybridized carbons (Fsp3) is 0.412. The van der Waals surface area contributed by atoms with E-state index in [0.717, 1.165) is 25.1 Å². The number of aliphatic hydroxyl groups is 1. The van der Waals surface area contributed by atoms with E-state index in [4.69, 9.17) is 14.3 Å². The SMILES string of the molecule is Cc1cc(CO)oc1C(=O)NCc1ccncc1O[C@H]1CCNC1. The second kappa shape index (κ2) is 7.46. The van der Waals surface area contributed by atoms with Crippen LogP contribution in [0.3, 0.4) is 0 Å². The predicted octanol–water partition coefficient (Wildman–Crippen LogP) is 1.15. The lowest BCUT2D eigenvalue weighted by Crippen LogP contribution is -2.24. The van der Waals surface area contributed by atoms with E-state index < -0.39 is 0 Å². The molecular weight excluding hydrogens is 310 g/mol. The summed E-state index contributed by atoms with van der Waals surface area (Å²) in [5, 5.41) is 15.2. The Hall–Kier alpha value is -2.38. The third kappa shape index (κ3) is 3.74. The van der Waals surface area contributed by atoms with Crippen LogP contribution in [0.25, 0.3) is 0 Å². The van der Waals surface area contributed by atoms with Gasteiger partial charge in [-0.3, -0.25) is 9.78 Å². The minimum atomic E-state index is -0.322. The number of ether oxygens (including phenoxy) is 1. The fourth-order valence-electron chi connectivity index (χ4n) is 2.68. The third-order valence-corrected chi connectivity index (χ3v) is 3.95. The van der Waals surface area contributed by atoms with E-state index in [0.29, 0.717) is 23.6 Å². The Bertz CT molecular complexity index is 708. The lowest BCUT2D eigenvalue weighted by atomic mass is 10.2. The number of aliphatic hydroxyl groups excluding tert-OH is 1. The second-order valence-electron chi connectivity index (χ2n) is 5.78. The Morgan fingerprint density at radius 2 is 2.46 bits per heavy atom. The zero-order chi connectivity index (χ0) is 16.9. The van der Waals surface area contributed by atoms with Crippen LogP contribution in [-0.2, 0) is 13.2 Å². The van der Waals surface area contributed by atoms with Crippen molar-refractivity contribution < 1.29 is 19.1 Å². The first kappa shape index (κ1) is 16.5. The van der Waals surface area contributed by atoms with E-state index in [9.17, 15) is 4.79 Å². The summed E-state index contributed by atoms with van der Waals surface area (Å²) >= 11 is 0. The smallest absolute Gasteiger partial charge is 0.287 e. The summed E-state index contributed by atoms with van der Waals surface area (Å²) in [6, 6.07) is 3.48. The highest BCUT2D eigenvalue weighted by atomic mass is 16.5. The number of amides is 1. The van der Waals surface area contributed by atoms with E-state index >= 15 is 0 Å². The van der Waals surface area contributed by atoms with Crippen LogP contribution >= 0.6 is 0 Å². The molecule has 3 heterocycles. The average Bonchev–Trinajstić information content (AvgIpc) is 3.23. The van der Waals surface area contributed by atoms with Gasteiger partial charge in [0.05, 0.1) is 6.20 Å². The Morgan fingerprint density at radius 3 is 3.17 bits per heavy atom. The van der Waals surface area contributed by atoms with Gasteiger partial charge in [0.2, 0.25) is 0 Å². The molecule has 1 fully saturated rings. The summed E-state index contributed by atoms with van der Waals surface area (Å²) in [7, 11) is 0. The summed E-state index contributed by atoms with van der Waals surface area (Å²) < 4.78 is 11.3. The molecule has 0 bridgehead atoms. The molecule has 2 aromatic heterocycles. The lowest BCUT2D eigenvalue weighted by molar-refractivity contribution is 0.0917. The number of pyridine rings is 1. The molecule has 3 rings (SSSR count). The zero-order valence-electron chi connectivity index (χ0n) is 13.5. The van der Waals surface area contributed by atoms with Crippen LogP contribution < -0.4 is 15.4 Å². The molecule has 7 heteroatoms. The van der Waals surface area contributed by atoms with E-state index in [1.54, 1.807) is 25.4 Å². The molecule has 128 valence electrons. The molecule has 0 unspecified atom stereocenters. The minimum absolute atomic E-state index is 0.128. The molecule has 0 radical (unpaired) electrons. The van der Waals surface area contributed by atoms with Gasteiger partial charge in [0.1, 0.15) is 24.2 Å². The first-order chi connectivity index (χ1) is 11.7. The molecule has 1 aliphatic heterocycles. The molecule has 1 amide bonds. The van der Waals surface area contributed by atoms with Crippen molar-refractivity contribution >= 4 is 5.91 Å². The molecule has 0 spiro atoms. The molecule has 3 N–H and O–H groups in total. The number of carbonyl (C=O) groups excluding carboxylic acids is 1. The number of carbonyl (C=O) groups is 1. The molecule has 2 aromatic rings. The number of nitrogens with one attached hydrogen (secondary N) is 2. The standard InChI is InChI=1S/C17H21N3O4/c1-11-6-14(10-21)24-16(11)17(22)20-7-12-2-4-19-9-15(12)23-13-3-5-18-8-13/h2,4,6,9,13,18,21H,3,5,7-8,10H2,1H3,(H,20,22)/t13-/m0/s1. The monoisotopic (exact) mass is 331 g/mol. The van der Waals surface area contributed by atoms with Crippen molar-refractivity contribution in [1.82, 2.24) is 15.6 Å². The topological polar surface area (TPSA) is 96.6 Å². The lowest BCUT2D eigenvalue weighted by Gasteiger charge is -2.15. The third-order valence-electron chi connectivity index (χ3n) is 3.95. The number of hydrogen-bond donors (Lipinski definition) is 3. The van der Waals surface area contributed by atoms with Crippen LogP contribution in [0, 0.1) is 6.92 Å². The van der Waals surface area contributed by atoms with Gasteiger partial charge < -0.3 is 24.9 Å². The molecule has 1 saturated heterocycles. The van der Waals surface area contributed by atoms with Crippen LogP contribution in [0.2, 0.25) is 0 Å². The summed E-state index contributed by atoms with van der Waals surface area (Å²) in [5.41, 5.74) is 1.55. The largest absolute Gasteiger partial charge is 0.487 e. The highest BCUT2D eigenvalue weighted by molar-refractivity contribution is 5.92. The first-order valence-corrected chi connectivity index (χ1v) is 7.96. The first-order valence-electron chi connectivity index (χ1n) is 7.96. The zero-order valence-corrected chi connectivity index (χ0v) is 13.5. The number of furan rings is 1. The molecule has 1 atom stereocenters. The number of hydrogen-bond acceptors (Lipinski definition) is 6. The predicted molar refractivity (Wildman–Crippen MR) is 86.7 cm³/mol. The molecule has 0 aromatic carbocycles. The van der Waals surface area contributed by atoms with Gasteiger partial charge in [0.15, 0.2) is 5.76 Å². The van der Waals surface area contributed by atoms with Crippen LogP contribution in [0.4, 0.5) is 0 Å². The summed E-state index contributed by atoms with van der Waals surface area (Å²) in [6.45, 7) is 3.61. The number of aryl methyl sites for hydroxylation is 1. The van der Waals surface area contributed by atoms with Crippen molar-refractivity contribution in [3.05, 3.63) is 47.2 Å². The molecule has 0 saturated carbocycles. The van der Waals surface area contributed by atoms with Crippen molar-refractivity contribution in [3.8, 4) is 5.75 Å². The van der Waals surface area contributed by atoms with Crippen LogP contribution in [0.15, 0.2) is 28.9 Å². The highest BCUT2D eigenvalue weighted by Gasteiger charge is 2.19. The molecule has 24 heavy (non-hydrogen) atoms. The minimum Gasteiger partial charge on any atom is -0.487 e. The van der Waals surface area contributed by atoms with Gasteiger partial charge >= 0.3 is 0 Å². The van der Waals surface area contributed by atoms with Crippen molar-refractivity contribution in [2.75, 3.05) is 13.1 Å². The number of nitrogens with zero attached hydrogens (tertiary/aromatic N) is 1. The maximum atomic E-state index is 12.3. The number of rotatable bonds is 6. The van der Waals surface area contributed by atoms with Crippen LogP contribution in [-0.4, -0.2) is 35.2 Å². The average molecular weight is 331 g/mol. The van der Waals surface area contributed by atoms with Gasteiger partial charge in [-0.15, -0.1) is 0 Å². The van der Waals surface area contributed by atoms with Gasteiger partial charge in [-0.05, 0) is 32.0 Å². The fourth-order valence-corrected chi connectivity index (χ4v) is 2.68. The normalized spacial score (nSPS) is 17.0.